The summed E-state index contributed by atoms with van der Waals surface area (Å²) in [4.78, 5) is 27.0. The third-order valence-corrected chi connectivity index (χ3v) is 7.47. The molecule has 0 unspecified atom stereocenters. The first-order valence-corrected chi connectivity index (χ1v) is 14.0. The smallest absolute Gasteiger partial charge is 0.434 e. The molecule has 0 bridgehead atoms. The first kappa shape index (κ1) is 35.6. The quantitative estimate of drug-likeness (QED) is 0.168. The van der Waals surface area contributed by atoms with Gasteiger partial charge in [0.05, 0.1) is 12.2 Å². The fraction of sp³-hybridized carbons (Fsp3) is 0.714. The van der Waals surface area contributed by atoms with Crippen molar-refractivity contribution in [2.75, 3.05) is 26.2 Å². The Hall–Kier alpha value is -2.91. The number of amides is 1. The summed E-state index contributed by atoms with van der Waals surface area (Å²) in [6.45, 7) is 5.38. The first-order valence-electron chi connectivity index (χ1n) is 14.0. The Kier molecular flexibility index (Phi) is 10.7. The van der Waals surface area contributed by atoms with Gasteiger partial charge in [-0.1, -0.05) is 6.07 Å². The number of nitrogens with zero attached hydrogens (tertiary/aromatic N) is 2. The fourth-order valence-corrected chi connectivity index (χ4v) is 5.40. The molecule has 0 saturated carbocycles. The van der Waals surface area contributed by atoms with Gasteiger partial charge in [-0.2, -0.15) is 39.5 Å². The van der Waals surface area contributed by atoms with Crippen LogP contribution in [0.5, 0.6) is 5.75 Å². The SMILES string of the molecule is CC(C)(C)OC(=O)CCCOc1cc(C(F)(F)F)ccc1CN1CCCC12CCN(C(=O)OC(C(F)(F)F)C(F)(F)F)CC2. The standard InChI is InChI=1S/C28H35F9N2O5/c1-24(2,3)44-21(40)6-4-15-42-20-16-19(26(29,30)31)8-7-18(20)17-39-12-5-9-25(39)10-13-38(14-11-25)23(41)43-22(27(32,33)34)28(35,36)37/h7-8,16,22H,4-6,9-15,17H2,1-3H3. The molecule has 2 heterocycles. The molecule has 44 heavy (non-hydrogen) atoms. The zero-order chi connectivity index (χ0) is 33.1. The van der Waals surface area contributed by atoms with E-state index >= 15 is 0 Å². The highest BCUT2D eigenvalue weighted by Gasteiger charge is 2.60. The highest BCUT2D eigenvalue weighted by Crippen LogP contribution is 2.42. The van der Waals surface area contributed by atoms with Crippen molar-refractivity contribution < 1.29 is 63.3 Å². The van der Waals surface area contributed by atoms with Gasteiger partial charge in [0, 0.05) is 37.2 Å². The summed E-state index contributed by atoms with van der Waals surface area (Å²) in [5.41, 5.74) is -1.78. The third kappa shape index (κ3) is 9.54. The summed E-state index contributed by atoms with van der Waals surface area (Å²) in [5, 5.41) is 0. The van der Waals surface area contributed by atoms with Crippen LogP contribution < -0.4 is 4.74 Å². The van der Waals surface area contributed by atoms with Crippen molar-refractivity contribution >= 4 is 12.1 Å². The maximum atomic E-state index is 13.5. The van der Waals surface area contributed by atoms with E-state index < -0.39 is 53.4 Å². The minimum atomic E-state index is -5.83. The summed E-state index contributed by atoms with van der Waals surface area (Å²) < 4.78 is 132. The predicted octanol–water partition coefficient (Wildman–Crippen LogP) is 7.27. The molecule has 0 aliphatic carbocycles. The largest absolute Gasteiger partial charge is 0.493 e. The Labute approximate surface area is 248 Å². The molecule has 2 saturated heterocycles. The molecule has 1 amide bonds. The number of hydrogen-bond acceptors (Lipinski definition) is 6. The average molecular weight is 651 g/mol. The number of hydrogen-bond donors (Lipinski definition) is 0. The second-order valence-corrected chi connectivity index (χ2v) is 11.9. The maximum Gasteiger partial charge on any atom is 0.434 e. The van der Waals surface area contributed by atoms with E-state index in [4.69, 9.17) is 9.47 Å². The van der Waals surface area contributed by atoms with Crippen molar-refractivity contribution in [2.45, 2.75) is 102 Å². The monoisotopic (exact) mass is 650 g/mol. The van der Waals surface area contributed by atoms with Crippen LogP contribution in [-0.2, 0) is 27.0 Å². The highest BCUT2D eigenvalue weighted by atomic mass is 19.4. The van der Waals surface area contributed by atoms with E-state index in [0.29, 0.717) is 24.9 Å². The summed E-state index contributed by atoms with van der Waals surface area (Å²) >= 11 is 0. The van der Waals surface area contributed by atoms with Crippen LogP contribution in [0.4, 0.5) is 44.3 Å². The van der Waals surface area contributed by atoms with Gasteiger partial charge >= 0.3 is 30.6 Å². The highest BCUT2D eigenvalue weighted by molar-refractivity contribution is 5.69. The van der Waals surface area contributed by atoms with Crippen LogP contribution in [0.2, 0.25) is 0 Å². The number of benzene rings is 1. The minimum Gasteiger partial charge on any atom is -0.493 e. The number of halogens is 9. The van der Waals surface area contributed by atoms with E-state index in [-0.39, 0.29) is 57.7 Å². The minimum absolute atomic E-state index is 0.00752. The topological polar surface area (TPSA) is 68.3 Å². The number of alkyl halides is 9. The van der Waals surface area contributed by atoms with E-state index in [9.17, 15) is 49.1 Å². The lowest BCUT2D eigenvalue weighted by Crippen LogP contribution is -2.54. The van der Waals surface area contributed by atoms with Crippen molar-refractivity contribution in [3.8, 4) is 5.75 Å². The predicted molar refractivity (Wildman–Crippen MR) is 138 cm³/mol. The molecule has 2 fully saturated rings. The normalized spacial score (nSPS) is 18.2. The van der Waals surface area contributed by atoms with Gasteiger partial charge < -0.3 is 19.1 Å². The zero-order valence-electron chi connectivity index (χ0n) is 24.4. The lowest BCUT2D eigenvalue weighted by Gasteiger charge is -2.45. The average Bonchev–Trinajstić information content (AvgIpc) is 3.24. The van der Waals surface area contributed by atoms with Crippen LogP contribution in [0.3, 0.4) is 0 Å². The maximum absolute atomic E-state index is 13.5. The van der Waals surface area contributed by atoms with Crippen molar-refractivity contribution in [1.29, 1.82) is 0 Å². The molecule has 0 aromatic heterocycles. The van der Waals surface area contributed by atoms with Gasteiger partial charge in [0.15, 0.2) is 0 Å². The number of piperidine rings is 1. The Morgan fingerprint density at radius 2 is 1.52 bits per heavy atom. The van der Waals surface area contributed by atoms with Crippen molar-refractivity contribution in [1.82, 2.24) is 9.80 Å². The summed E-state index contributed by atoms with van der Waals surface area (Å²) in [6, 6.07) is 3.09. The Morgan fingerprint density at radius 3 is 2.07 bits per heavy atom. The number of carbonyl (C=O) groups is 2. The van der Waals surface area contributed by atoms with Gasteiger partial charge in [0.2, 0.25) is 0 Å². The Morgan fingerprint density at radius 1 is 0.909 bits per heavy atom. The molecule has 0 atom stereocenters. The van der Waals surface area contributed by atoms with Gasteiger partial charge in [-0.05, 0) is 71.6 Å². The second-order valence-electron chi connectivity index (χ2n) is 11.9. The van der Waals surface area contributed by atoms with Gasteiger partial charge in [0.1, 0.15) is 11.4 Å². The number of likely N-dealkylation sites (tertiary alicyclic amines) is 2. The van der Waals surface area contributed by atoms with Gasteiger partial charge in [0.25, 0.3) is 6.10 Å². The van der Waals surface area contributed by atoms with E-state index in [1.54, 1.807) is 20.8 Å². The van der Waals surface area contributed by atoms with Crippen LogP contribution in [0, 0.1) is 0 Å². The number of ether oxygens (including phenoxy) is 3. The van der Waals surface area contributed by atoms with E-state index in [1.165, 1.54) is 6.07 Å². The van der Waals surface area contributed by atoms with E-state index in [0.717, 1.165) is 17.0 Å². The molecule has 1 aromatic rings. The summed E-state index contributed by atoms with van der Waals surface area (Å²) in [5.74, 6) is -0.510. The third-order valence-electron chi connectivity index (χ3n) is 7.47. The van der Waals surface area contributed by atoms with Gasteiger partial charge in [-0.25, -0.2) is 4.79 Å². The second kappa shape index (κ2) is 13.2. The van der Waals surface area contributed by atoms with Crippen molar-refractivity contribution in [2.24, 2.45) is 0 Å². The van der Waals surface area contributed by atoms with Crippen LogP contribution in [0.1, 0.15) is 70.4 Å². The first-order chi connectivity index (χ1) is 20.1. The molecule has 1 aromatic carbocycles. The molecular formula is C28H35F9N2O5. The Bertz CT molecular complexity index is 1140. The number of esters is 1. The van der Waals surface area contributed by atoms with Crippen LogP contribution >= 0.6 is 0 Å². The van der Waals surface area contributed by atoms with E-state index in [1.807, 2.05) is 4.90 Å². The molecule has 7 nitrogen and oxygen atoms in total. The van der Waals surface area contributed by atoms with Crippen LogP contribution in [0.25, 0.3) is 0 Å². The molecule has 3 rings (SSSR count). The van der Waals surface area contributed by atoms with Gasteiger partial charge in [-0.3, -0.25) is 9.69 Å². The lowest BCUT2D eigenvalue weighted by molar-refractivity contribution is -0.308. The fourth-order valence-electron chi connectivity index (χ4n) is 5.40. The molecule has 0 radical (unpaired) electrons. The van der Waals surface area contributed by atoms with Crippen molar-refractivity contribution in [3.63, 3.8) is 0 Å². The van der Waals surface area contributed by atoms with Crippen LogP contribution in [0.15, 0.2) is 18.2 Å². The molecule has 16 heteroatoms. The molecule has 2 aliphatic rings. The summed E-state index contributed by atoms with van der Waals surface area (Å²) in [7, 11) is 0. The van der Waals surface area contributed by atoms with E-state index in [2.05, 4.69) is 4.74 Å². The number of carbonyl (C=O) groups excluding carboxylic acids is 2. The summed E-state index contributed by atoms with van der Waals surface area (Å²) in [6.07, 6.45) is -20.4. The molecule has 1 spiro atoms. The van der Waals surface area contributed by atoms with Crippen molar-refractivity contribution in [3.05, 3.63) is 29.3 Å². The lowest BCUT2D eigenvalue weighted by atomic mass is 9.85. The van der Waals surface area contributed by atoms with Crippen LogP contribution in [-0.4, -0.2) is 77.7 Å². The van der Waals surface area contributed by atoms with Gasteiger partial charge in [-0.15, -0.1) is 0 Å². The zero-order valence-corrected chi connectivity index (χ0v) is 24.4. The molecule has 2 aliphatic heterocycles. The molecule has 0 N–H and O–H groups in total. The molecule has 250 valence electrons. The Balaban J connectivity index is 1.68. The molecular weight excluding hydrogens is 615 g/mol. The number of rotatable bonds is 8.